The minimum absolute atomic E-state index is 0.186. The number of benzene rings is 2. The summed E-state index contributed by atoms with van der Waals surface area (Å²) in [7, 11) is 0. The summed E-state index contributed by atoms with van der Waals surface area (Å²) in [4.78, 5) is 23.4. The van der Waals surface area contributed by atoms with Crippen LogP contribution in [0.1, 0.15) is 0 Å². The van der Waals surface area contributed by atoms with Gasteiger partial charge in [0.05, 0.1) is 20.8 Å². The number of halogens is 4. The van der Waals surface area contributed by atoms with Gasteiger partial charge in [-0.05, 0) is 34.1 Å². The minimum Gasteiger partial charge on any atom is -0.480 e. The van der Waals surface area contributed by atoms with Gasteiger partial charge in [-0.2, -0.15) is 0 Å². The third-order valence-electron chi connectivity index (χ3n) is 2.83. The number of anilines is 1. The number of carbonyl (C=O) groups is 2. The fourth-order valence-electron chi connectivity index (χ4n) is 1.69. The molecule has 25 heavy (non-hydrogen) atoms. The molecular formula is C16H11BrCl3NO4. The number of rotatable bonds is 6. The molecule has 0 bridgehead atoms. The molecule has 0 heterocycles. The van der Waals surface area contributed by atoms with Crippen LogP contribution in [0.25, 0.3) is 0 Å². The Balaban J connectivity index is 1.80. The van der Waals surface area contributed by atoms with E-state index in [2.05, 4.69) is 21.2 Å². The van der Waals surface area contributed by atoms with Gasteiger partial charge >= 0.3 is 5.97 Å². The average Bonchev–Trinajstić information content (AvgIpc) is 2.57. The number of esters is 1. The molecule has 0 aliphatic carbocycles. The molecule has 0 atom stereocenters. The molecule has 132 valence electrons. The summed E-state index contributed by atoms with van der Waals surface area (Å²) in [5, 5.41) is 3.31. The second-order valence-electron chi connectivity index (χ2n) is 4.67. The fraction of sp³-hybridized carbons (Fsp3) is 0.125. The largest absolute Gasteiger partial charge is 0.480 e. The molecule has 1 amide bonds. The molecule has 9 heteroatoms. The van der Waals surface area contributed by atoms with Crippen LogP contribution >= 0.6 is 50.7 Å². The molecule has 0 aliphatic rings. The Morgan fingerprint density at radius 3 is 2.40 bits per heavy atom. The summed E-state index contributed by atoms with van der Waals surface area (Å²) in [5.74, 6) is -1.03. The zero-order chi connectivity index (χ0) is 18.4. The van der Waals surface area contributed by atoms with E-state index in [1.165, 1.54) is 12.1 Å². The summed E-state index contributed by atoms with van der Waals surface area (Å²) < 4.78 is 10.8. The number of amides is 1. The lowest BCUT2D eigenvalue weighted by molar-refractivity contribution is -0.149. The highest BCUT2D eigenvalue weighted by molar-refractivity contribution is 9.10. The van der Waals surface area contributed by atoms with Crippen molar-refractivity contribution >= 4 is 68.3 Å². The molecule has 2 aromatic rings. The third-order valence-corrected chi connectivity index (χ3v) is 4.54. The predicted molar refractivity (Wildman–Crippen MR) is 101 cm³/mol. The van der Waals surface area contributed by atoms with E-state index < -0.39 is 25.1 Å². The van der Waals surface area contributed by atoms with Crippen molar-refractivity contribution in [3.63, 3.8) is 0 Å². The van der Waals surface area contributed by atoms with Crippen LogP contribution in [0.3, 0.4) is 0 Å². The maximum Gasteiger partial charge on any atom is 0.344 e. The van der Waals surface area contributed by atoms with Crippen LogP contribution in [-0.2, 0) is 14.3 Å². The van der Waals surface area contributed by atoms with Gasteiger partial charge in [0.25, 0.3) is 5.91 Å². The highest BCUT2D eigenvalue weighted by Gasteiger charge is 2.12. The quantitative estimate of drug-likeness (QED) is 0.481. The van der Waals surface area contributed by atoms with Gasteiger partial charge in [0.2, 0.25) is 0 Å². The Bertz CT molecular complexity index is 801. The molecule has 1 N–H and O–H groups in total. The highest BCUT2D eigenvalue weighted by Crippen LogP contribution is 2.33. The van der Waals surface area contributed by atoms with Crippen LogP contribution < -0.4 is 10.1 Å². The normalized spacial score (nSPS) is 10.2. The predicted octanol–water partition coefficient (Wildman–Crippen LogP) is 4.97. The zero-order valence-electron chi connectivity index (χ0n) is 12.5. The van der Waals surface area contributed by atoms with Gasteiger partial charge in [-0.1, -0.05) is 46.9 Å². The molecule has 0 aliphatic heterocycles. The molecule has 5 nitrogen and oxygen atoms in total. The summed E-state index contributed by atoms with van der Waals surface area (Å²) in [5.41, 5.74) is 0.572. The summed E-state index contributed by atoms with van der Waals surface area (Å²) in [6.45, 7) is -0.876. The Morgan fingerprint density at radius 1 is 1.00 bits per heavy atom. The van der Waals surface area contributed by atoms with Crippen LogP contribution in [-0.4, -0.2) is 25.1 Å². The van der Waals surface area contributed by atoms with Crippen LogP contribution in [0, 0.1) is 0 Å². The van der Waals surface area contributed by atoms with Gasteiger partial charge in [0.15, 0.2) is 13.2 Å². The van der Waals surface area contributed by atoms with Crippen molar-refractivity contribution in [1.29, 1.82) is 0 Å². The second kappa shape index (κ2) is 9.29. The average molecular weight is 468 g/mol. The summed E-state index contributed by atoms with van der Waals surface area (Å²) >= 11 is 20.9. The lowest BCUT2D eigenvalue weighted by atomic mass is 10.3. The van der Waals surface area contributed by atoms with Gasteiger partial charge in [-0.25, -0.2) is 4.79 Å². The van der Waals surface area contributed by atoms with Crippen molar-refractivity contribution < 1.29 is 19.1 Å². The van der Waals surface area contributed by atoms with E-state index in [4.69, 9.17) is 44.3 Å². The fourth-order valence-corrected chi connectivity index (χ4v) is 2.66. The van der Waals surface area contributed by atoms with E-state index in [9.17, 15) is 9.59 Å². The number of hydrogen-bond donors (Lipinski definition) is 1. The monoisotopic (exact) mass is 465 g/mol. The molecule has 0 radical (unpaired) electrons. The number of carbonyl (C=O) groups excluding carboxylic acids is 2. The maximum atomic E-state index is 11.8. The smallest absolute Gasteiger partial charge is 0.344 e. The Hall–Kier alpha value is -1.47. The van der Waals surface area contributed by atoms with Crippen molar-refractivity contribution in [2.45, 2.75) is 0 Å². The van der Waals surface area contributed by atoms with Crippen molar-refractivity contribution in [3.05, 3.63) is 55.9 Å². The Morgan fingerprint density at radius 2 is 1.68 bits per heavy atom. The Labute approximate surface area is 167 Å². The molecule has 0 saturated heterocycles. The molecule has 0 spiro atoms. The van der Waals surface area contributed by atoms with Gasteiger partial charge in [-0.15, -0.1) is 0 Å². The van der Waals surface area contributed by atoms with E-state index in [1.807, 2.05) is 6.07 Å². The number of para-hydroxylation sites is 1. The molecule has 2 aromatic carbocycles. The molecular weight excluding hydrogens is 456 g/mol. The Kier molecular flexibility index (Phi) is 7.38. The summed E-state index contributed by atoms with van der Waals surface area (Å²) in [6, 6.07) is 9.85. The van der Waals surface area contributed by atoms with Crippen LogP contribution in [0.2, 0.25) is 15.1 Å². The van der Waals surface area contributed by atoms with Crippen molar-refractivity contribution in [1.82, 2.24) is 0 Å². The molecule has 0 aromatic heterocycles. The maximum absolute atomic E-state index is 11.8. The highest BCUT2D eigenvalue weighted by atomic mass is 79.9. The topological polar surface area (TPSA) is 64.6 Å². The van der Waals surface area contributed by atoms with Gasteiger partial charge in [0, 0.05) is 10.5 Å². The van der Waals surface area contributed by atoms with Gasteiger partial charge < -0.3 is 14.8 Å². The van der Waals surface area contributed by atoms with E-state index in [1.54, 1.807) is 18.2 Å². The van der Waals surface area contributed by atoms with E-state index in [0.717, 1.165) is 0 Å². The van der Waals surface area contributed by atoms with Crippen LogP contribution in [0.5, 0.6) is 5.75 Å². The zero-order valence-corrected chi connectivity index (χ0v) is 16.4. The molecule has 2 rings (SSSR count). The van der Waals surface area contributed by atoms with Crippen molar-refractivity contribution in [3.8, 4) is 5.75 Å². The minimum atomic E-state index is -0.732. The second-order valence-corrected chi connectivity index (χ2v) is 6.75. The van der Waals surface area contributed by atoms with Crippen LogP contribution in [0.15, 0.2) is 40.9 Å². The first-order chi connectivity index (χ1) is 11.9. The van der Waals surface area contributed by atoms with E-state index >= 15 is 0 Å². The molecule has 0 fully saturated rings. The summed E-state index contributed by atoms with van der Waals surface area (Å²) in [6.07, 6.45) is 0. The standard InChI is InChI=1S/C16H11BrCl3NO4/c17-9-3-1-2-4-13(9)21-15(22)7-25-16(23)8-24-14-6-11(19)10(18)5-12(14)20/h1-6H,7-8H2,(H,21,22). The van der Waals surface area contributed by atoms with E-state index in [-0.39, 0.29) is 20.8 Å². The number of ether oxygens (including phenoxy) is 2. The SMILES string of the molecule is O=C(COC(=O)COc1cc(Cl)c(Cl)cc1Cl)Nc1ccccc1Br. The van der Waals surface area contributed by atoms with Crippen LogP contribution in [0.4, 0.5) is 5.69 Å². The number of nitrogens with one attached hydrogen (secondary N) is 1. The van der Waals surface area contributed by atoms with Crippen molar-refractivity contribution in [2.24, 2.45) is 0 Å². The lowest BCUT2D eigenvalue weighted by Crippen LogP contribution is -2.23. The lowest BCUT2D eigenvalue weighted by Gasteiger charge is -2.10. The first kappa shape index (κ1) is 19.8. The van der Waals surface area contributed by atoms with Crippen molar-refractivity contribution in [2.75, 3.05) is 18.5 Å². The number of hydrogen-bond acceptors (Lipinski definition) is 4. The van der Waals surface area contributed by atoms with E-state index in [0.29, 0.717) is 10.2 Å². The molecule has 0 saturated carbocycles. The van der Waals surface area contributed by atoms with Gasteiger partial charge in [0.1, 0.15) is 5.75 Å². The molecule has 0 unspecified atom stereocenters. The first-order valence-corrected chi connectivity index (χ1v) is 8.77. The first-order valence-electron chi connectivity index (χ1n) is 6.84. The van der Waals surface area contributed by atoms with Gasteiger partial charge in [-0.3, -0.25) is 4.79 Å². The third kappa shape index (κ3) is 6.08.